The van der Waals surface area contributed by atoms with Gasteiger partial charge < -0.3 is 4.90 Å². The van der Waals surface area contributed by atoms with Crippen molar-refractivity contribution < 1.29 is 4.79 Å². The Kier molecular flexibility index (Phi) is 3.15. The molecule has 1 aromatic rings. The molecule has 1 aromatic carbocycles. The van der Waals surface area contributed by atoms with Crippen molar-refractivity contribution in [3.63, 3.8) is 0 Å². The average molecular weight is 357 g/mol. The minimum atomic E-state index is -0.115. The molecule has 2 aliphatic rings. The van der Waals surface area contributed by atoms with Crippen molar-refractivity contribution in [2.45, 2.75) is 24.8 Å². The van der Waals surface area contributed by atoms with Crippen LogP contribution in [0.15, 0.2) is 28.7 Å². The quantitative estimate of drug-likeness (QED) is 0.720. The summed E-state index contributed by atoms with van der Waals surface area (Å²) in [6.07, 6.45) is 0. The molecule has 1 amide bonds. The fourth-order valence-corrected chi connectivity index (χ4v) is 4.61. The average Bonchev–Trinajstić information content (AvgIpc) is 2.79. The van der Waals surface area contributed by atoms with E-state index in [0.717, 1.165) is 15.9 Å². The molecule has 2 heterocycles. The van der Waals surface area contributed by atoms with Gasteiger partial charge in [-0.1, -0.05) is 15.9 Å². The Balaban J connectivity index is 1.99. The lowest BCUT2D eigenvalue weighted by Crippen LogP contribution is -2.43. The topological polar surface area (TPSA) is 23.6 Å². The van der Waals surface area contributed by atoms with E-state index in [9.17, 15) is 4.79 Å². The van der Waals surface area contributed by atoms with Crippen molar-refractivity contribution in [1.82, 2.24) is 4.90 Å². The Bertz CT molecular complexity index is 558. The smallest absolute Gasteiger partial charge is 0.257 e. The molecule has 3 rings (SSSR count). The van der Waals surface area contributed by atoms with Crippen LogP contribution >= 0.6 is 39.9 Å². The molecule has 0 aromatic heterocycles. The van der Waals surface area contributed by atoms with Crippen LogP contribution in [0.25, 0.3) is 0 Å². The van der Waals surface area contributed by atoms with Gasteiger partial charge in [0, 0.05) is 10.2 Å². The van der Waals surface area contributed by atoms with E-state index in [-0.39, 0.29) is 16.8 Å². The summed E-state index contributed by atoms with van der Waals surface area (Å²) < 4.78 is 0.991. The first-order valence-electron chi connectivity index (χ1n) is 5.98. The largest absolute Gasteiger partial charge is 0.321 e. The van der Waals surface area contributed by atoms with E-state index in [1.807, 2.05) is 24.3 Å². The number of anilines is 1. The molecule has 2 fully saturated rings. The SMILES string of the molecule is CC1(C)SC[C@@H]2C(=O)N(c3ccc(Br)cc3)C(=S)N21. The van der Waals surface area contributed by atoms with Crippen LogP contribution in [0.2, 0.25) is 0 Å². The summed E-state index contributed by atoms with van der Waals surface area (Å²) >= 11 is 10.7. The number of hydrogen-bond donors (Lipinski definition) is 0. The highest BCUT2D eigenvalue weighted by Crippen LogP contribution is 2.44. The summed E-state index contributed by atoms with van der Waals surface area (Å²) in [7, 11) is 0. The monoisotopic (exact) mass is 356 g/mol. The maximum absolute atomic E-state index is 12.5. The van der Waals surface area contributed by atoms with Gasteiger partial charge >= 0.3 is 0 Å². The van der Waals surface area contributed by atoms with E-state index in [0.29, 0.717) is 5.11 Å². The Hall–Kier alpha value is -0.590. The number of rotatable bonds is 1. The zero-order valence-corrected chi connectivity index (χ0v) is 13.8. The van der Waals surface area contributed by atoms with Gasteiger partial charge in [0.2, 0.25) is 0 Å². The summed E-state index contributed by atoms with van der Waals surface area (Å²) in [4.78, 5) is 16.2. The minimum absolute atomic E-state index is 0.0883. The van der Waals surface area contributed by atoms with Crippen LogP contribution in [0.1, 0.15) is 13.8 Å². The van der Waals surface area contributed by atoms with E-state index >= 15 is 0 Å². The first kappa shape index (κ1) is 13.4. The molecule has 1 atom stereocenters. The molecule has 100 valence electrons. The van der Waals surface area contributed by atoms with E-state index in [2.05, 4.69) is 34.7 Å². The minimum Gasteiger partial charge on any atom is -0.321 e. The molecule has 2 saturated heterocycles. The van der Waals surface area contributed by atoms with E-state index in [4.69, 9.17) is 12.2 Å². The third kappa shape index (κ3) is 2.00. The van der Waals surface area contributed by atoms with Crippen LogP contribution in [-0.2, 0) is 4.79 Å². The van der Waals surface area contributed by atoms with Gasteiger partial charge in [0.15, 0.2) is 5.11 Å². The number of fused-ring (bicyclic) bond motifs is 1. The molecule has 0 unspecified atom stereocenters. The second kappa shape index (κ2) is 4.46. The highest BCUT2D eigenvalue weighted by atomic mass is 79.9. The van der Waals surface area contributed by atoms with Gasteiger partial charge in [0.05, 0.1) is 10.6 Å². The second-order valence-electron chi connectivity index (χ2n) is 5.08. The van der Waals surface area contributed by atoms with Gasteiger partial charge in [-0.3, -0.25) is 9.69 Å². The molecule has 19 heavy (non-hydrogen) atoms. The predicted molar refractivity (Wildman–Crippen MR) is 86.4 cm³/mol. The zero-order chi connectivity index (χ0) is 13.8. The number of halogens is 1. The van der Waals surface area contributed by atoms with Gasteiger partial charge in [0.25, 0.3) is 5.91 Å². The Morgan fingerprint density at radius 1 is 1.37 bits per heavy atom. The molecular formula is C13H13BrN2OS2. The fourth-order valence-electron chi connectivity index (χ4n) is 2.53. The lowest BCUT2D eigenvalue weighted by atomic mass is 10.2. The molecule has 2 aliphatic heterocycles. The molecule has 3 nitrogen and oxygen atoms in total. The second-order valence-corrected chi connectivity index (χ2v) is 7.98. The van der Waals surface area contributed by atoms with E-state index in [1.165, 1.54) is 0 Å². The van der Waals surface area contributed by atoms with Crippen molar-refractivity contribution in [2.75, 3.05) is 10.7 Å². The van der Waals surface area contributed by atoms with Gasteiger partial charge in [0.1, 0.15) is 6.04 Å². The van der Waals surface area contributed by atoms with Crippen molar-refractivity contribution in [1.29, 1.82) is 0 Å². The molecule has 6 heteroatoms. The predicted octanol–water partition coefficient (Wildman–Crippen LogP) is 3.23. The van der Waals surface area contributed by atoms with Gasteiger partial charge in [-0.05, 0) is 50.3 Å². The maximum atomic E-state index is 12.5. The molecule has 0 bridgehead atoms. The third-order valence-corrected chi connectivity index (χ3v) is 5.77. The number of carbonyl (C=O) groups excluding carboxylic acids is 1. The summed E-state index contributed by atoms with van der Waals surface area (Å²) in [5.41, 5.74) is 0.841. The molecule has 0 N–H and O–H groups in total. The normalized spacial score (nSPS) is 25.1. The standard InChI is InChI=1S/C13H13BrN2OS2/c1-13(2)16-10(7-19-13)11(17)15(12(16)18)9-5-3-8(14)4-6-9/h3-6,10H,7H2,1-2H3/t10-/m1/s1. The van der Waals surface area contributed by atoms with Crippen LogP contribution in [0.4, 0.5) is 5.69 Å². The van der Waals surface area contributed by atoms with Crippen molar-refractivity contribution in [2.24, 2.45) is 0 Å². The summed E-state index contributed by atoms with van der Waals surface area (Å²) in [5.74, 6) is 0.893. The van der Waals surface area contributed by atoms with Gasteiger partial charge in [-0.25, -0.2) is 0 Å². The van der Waals surface area contributed by atoms with Gasteiger partial charge in [-0.15, -0.1) is 11.8 Å². The molecular weight excluding hydrogens is 344 g/mol. The van der Waals surface area contributed by atoms with Crippen molar-refractivity contribution in [3.05, 3.63) is 28.7 Å². The highest BCUT2D eigenvalue weighted by molar-refractivity contribution is 9.10. The molecule has 0 radical (unpaired) electrons. The van der Waals surface area contributed by atoms with E-state index in [1.54, 1.807) is 16.7 Å². The first-order chi connectivity index (χ1) is 8.92. The Morgan fingerprint density at radius 3 is 2.58 bits per heavy atom. The lowest BCUT2D eigenvalue weighted by Gasteiger charge is -2.31. The number of benzene rings is 1. The van der Waals surface area contributed by atoms with Crippen LogP contribution in [-0.4, -0.2) is 32.6 Å². The number of thiocarbonyl (C=S) groups is 1. The fraction of sp³-hybridized carbons (Fsp3) is 0.385. The number of thioether (sulfide) groups is 1. The number of carbonyl (C=O) groups is 1. The van der Waals surface area contributed by atoms with Crippen LogP contribution < -0.4 is 4.90 Å². The lowest BCUT2D eigenvalue weighted by molar-refractivity contribution is -0.119. The highest BCUT2D eigenvalue weighted by Gasteiger charge is 2.53. The number of amides is 1. The van der Waals surface area contributed by atoms with Crippen LogP contribution in [0, 0.1) is 0 Å². The molecule has 0 saturated carbocycles. The van der Waals surface area contributed by atoms with Crippen LogP contribution in [0.3, 0.4) is 0 Å². The number of hydrogen-bond acceptors (Lipinski definition) is 3. The molecule has 0 spiro atoms. The molecule has 0 aliphatic carbocycles. The van der Waals surface area contributed by atoms with Gasteiger partial charge in [-0.2, -0.15) is 0 Å². The Labute approximate surface area is 130 Å². The maximum Gasteiger partial charge on any atom is 0.257 e. The van der Waals surface area contributed by atoms with Crippen molar-refractivity contribution >= 4 is 56.6 Å². The number of nitrogens with zero attached hydrogens (tertiary/aromatic N) is 2. The summed E-state index contributed by atoms with van der Waals surface area (Å²) in [6.45, 7) is 4.23. The van der Waals surface area contributed by atoms with E-state index < -0.39 is 0 Å². The zero-order valence-electron chi connectivity index (χ0n) is 10.6. The third-order valence-electron chi connectivity index (χ3n) is 3.47. The van der Waals surface area contributed by atoms with Crippen LogP contribution in [0.5, 0.6) is 0 Å². The van der Waals surface area contributed by atoms with Crippen molar-refractivity contribution in [3.8, 4) is 0 Å². The summed E-state index contributed by atoms with van der Waals surface area (Å²) in [5, 5.41) is 0.618. The Morgan fingerprint density at radius 2 is 2.00 bits per heavy atom. The summed E-state index contributed by atoms with van der Waals surface area (Å²) in [6, 6.07) is 7.56. The first-order valence-corrected chi connectivity index (χ1v) is 8.17.